The number of ether oxygens (including phenoxy) is 3. The van der Waals surface area contributed by atoms with Crippen LogP contribution in [0.5, 0.6) is 0 Å². The average Bonchev–Trinajstić information content (AvgIpc) is 2.41. The van der Waals surface area contributed by atoms with Crippen molar-refractivity contribution in [2.24, 2.45) is 11.8 Å². The molecule has 7 heteroatoms. The maximum absolute atomic E-state index is 11.3. The normalized spacial score (nSPS) is 24.6. The van der Waals surface area contributed by atoms with Crippen molar-refractivity contribution in [3.8, 4) is 0 Å². The lowest BCUT2D eigenvalue weighted by atomic mass is 9.85. The lowest BCUT2D eigenvalue weighted by molar-refractivity contribution is -0.146. The number of carbonyl (C=O) groups is 2. The molecule has 7 nitrogen and oxygen atoms in total. The molecule has 0 aromatic carbocycles. The van der Waals surface area contributed by atoms with Gasteiger partial charge in [-0.05, 0) is 31.1 Å². The largest absolute Gasteiger partial charge is 0.552 e. The van der Waals surface area contributed by atoms with E-state index in [9.17, 15) is 14.7 Å². The molecule has 1 rings (SSSR count). The maximum atomic E-state index is 11.3. The quantitative estimate of drug-likeness (QED) is 0.570. The van der Waals surface area contributed by atoms with Crippen LogP contribution in [0.4, 0.5) is 4.79 Å². The highest BCUT2D eigenvalue weighted by Crippen LogP contribution is 2.24. The smallest absolute Gasteiger partial charge is 0.399 e. The van der Waals surface area contributed by atoms with Gasteiger partial charge in [0.2, 0.25) is 12.2 Å². The van der Waals surface area contributed by atoms with Crippen molar-refractivity contribution in [3.05, 3.63) is 7.11 Å². The van der Waals surface area contributed by atoms with Crippen LogP contribution in [0.25, 0.3) is 0 Å². The van der Waals surface area contributed by atoms with E-state index in [2.05, 4.69) is 28.8 Å². The minimum Gasteiger partial charge on any atom is -0.399 e. The Bertz CT molecular complexity index is 335. The highest BCUT2D eigenvalue weighted by molar-refractivity contribution is 5.75. The first-order valence-electron chi connectivity index (χ1n) is 7.15. The number of nitrogens with one attached hydrogen (secondary N) is 1. The summed E-state index contributed by atoms with van der Waals surface area (Å²) in [7, 11) is 3.16. The lowest BCUT2D eigenvalue weighted by Gasteiger charge is -2.27. The molecule has 2 radical (unpaired) electrons. The van der Waals surface area contributed by atoms with Crippen LogP contribution < -0.4 is 5.32 Å². The van der Waals surface area contributed by atoms with Crippen LogP contribution in [-0.2, 0) is 24.1 Å². The molecule has 0 aliphatic carbocycles. The molecular weight excluding hydrogens is 278 g/mol. The van der Waals surface area contributed by atoms with E-state index >= 15 is 0 Å². The minimum atomic E-state index is -1.65. The fourth-order valence-corrected chi connectivity index (χ4v) is 2.44. The van der Waals surface area contributed by atoms with Crippen LogP contribution in [0.15, 0.2) is 0 Å². The van der Waals surface area contributed by atoms with Crippen molar-refractivity contribution in [1.82, 2.24) is 5.32 Å². The van der Waals surface area contributed by atoms with Gasteiger partial charge >= 0.3 is 6.16 Å². The second-order valence-electron chi connectivity index (χ2n) is 5.26. The van der Waals surface area contributed by atoms with E-state index in [-0.39, 0.29) is 12.5 Å². The van der Waals surface area contributed by atoms with Crippen LogP contribution in [0, 0.1) is 18.9 Å². The first-order valence-corrected chi connectivity index (χ1v) is 7.15. The summed E-state index contributed by atoms with van der Waals surface area (Å²) in [6, 6.07) is 0. The van der Waals surface area contributed by atoms with Gasteiger partial charge in [-0.15, -0.1) is 0 Å². The third kappa shape index (κ3) is 7.29. The van der Waals surface area contributed by atoms with Gasteiger partial charge in [0, 0.05) is 13.0 Å². The number of carbonyl (C=O) groups excluding carboxylic acids is 2. The summed E-state index contributed by atoms with van der Waals surface area (Å²) in [5.41, 5.74) is 0. The standard InChI is InChI=1S/C14H23NO6/c1-10-8-15-12(16)5-3-4-11(10)6-7-20-13(9-19-2)21-14(17)18/h10-11,13H,2-9H2,1H3,(H,15,16). The highest BCUT2D eigenvalue weighted by Gasteiger charge is 2.22. The molecule has 0 saturated carbocycles. The summed E-state index contributed by atoms with van der Waals surface area (Å²) >= 11 is 0. The SMILES string of the molecule is [CH2]OCC(OCCC1CCCC(=O)NCC1C)OC([O])=O. The van der Waals surface area contributed by atoms with E-state index in [1.807, 2.05) is 0 Å². The number of rotatable bonds is 7. The van der Waals surface area contributed by atoms with Crippen LogP contribution in [0.1, 0.15) is 32.6 Å². The summed E-state index contributed by atoms with van der Waals surface area (Å²) in [6.45, 7) is 3.02. The molecule has 1 amide bonds. The molecule has 3 atom stereocenters. The molecular formula is C14H23NO6. The molecule has 1 saturated heterocycles. The molecule has 1 aliphatic rings. The molecule has 21 heavy (non-hydrogen) atoms. The highest BCUT2D eigenvalue weighted by atomic mass is 16.8. The Morgan fingerprint density at radius 1 is 1.52 bits per heavy atom. The monoisotopic (exact) mass is 301 g/mol. The first kappa shape index (κ1) is 17.7. The summed E-state index contributed by atoms with van der Waals surface area (Å²) in [4.78, 5) is 21.7. The Labute approximate surface area is 124 Å². The molecule has 1 fully saturated rings. The zero-order valence-corrected chi connectivity index (χ0v) is 12.3. The zero-order valence-electron chi connectivity index (χ0n) is 12.3. The van der Waals surface area contributed by atoms with Gasteiger partial charge in [0.15, 0.2) is 0 Å². The van der Waals surface area contributed by atoms with E-state index in [1.165, 1.54) is 0 Å². The predicted octanol–water partition coefficient (Wildman–Crippen LogP) is 1.65. The van der Waals surface area contributed by atoms with E-state index in [0.29, 0.717) is 31.4 Å². The van der Waals surface area contributed by atoms with Crippen molar-refractivity contribution in [3.63, 3.8) is 0 Å². The Balaban J connectivity index is 2.34. The van der Waals surface area contributed by atoms with Gasteiger partial charge < -0.3 is 19.5 Å². The fourth-order valence-electron chi connectivity index (χ4n) is 2.44. The van der Waals surface area contributed by atoms with Gasteiger partial charge in [0.05, 0.1) is 13.7 Å². The van der Waals surface area contributed by atoms with Crippen molar-refractivity contribution in [1.29, 1.82) is 0 Å². The Morgan fingerprint density at radius 2 is 2.29 bits per heavy atom. The van der Waals surface area contributed by atoms with Crippen molar-refractivity contribution in [2.75, 3.05) is 19.8 Å². The first-order chi connectivity index (χ1) is 10.0. The van der Waals surface area contributed by atoms with Crippen LogP contribution in [0.2, 0.25) is 0 Å². The molecule has 0 aromatic heterocycles. The molecule has 120 valence electrons. The van der Waals surface area contributed by atoms with Gasteiger partial charge in [-0.25, -0.2) is 0 Å². The fraction of sp³-hybridized carbons (Fsp3) is 0.786. The number of hydrogen-bond acceptors (Lipinski definition) is 5. The molecule has 1 aliphatic heterocycles. The van der Waals surface area contributed by atoms with Crippen LogP contribution in [-0.4, -0.2) is 38.1 Å². The minimum absolute atomic E-state index is 0.0791. The van der Waals surface area contributed by atoms with Gasteiger partial charge in [-0.1, -0.05) is 6.92 Å². The molecule has 0 bridgehead atoms. The van der Waals surface area contributed by atoms with Crippen LogP contribution in [0.3, 0.4) is 0 Å². The van der Waals surface area contributed by atoms with E-state index in [0.717, 1.165) is 19.3 Å². The second kappa shape index (κ2) is 9.57. The number of hydrogen-bond donors (Lipinski definition) is 1. The zero-order chi connectivity index (χ0) is 15.7. The van der Waals surface area contributed by atoms with Crippen molar-refractivity contribution >= 4 is 12.1 Å². The lowest BCUT2D eigenvalue weighted by Crippen LogP contribution is -2.34. The van der Waals surface area contributed by atoms with Crippen molar-refractivity contribution < 1.29 is 28.9 Å². The second-order valence-corrected chi connectivity index (χ2v) is 5.26. The Kier molecular flexibility index (Phi) is 8.07. The summed E-state index contributed by atoms with van der Waals surface area (Å²) in [6.07, 6.45) is 0.448. The Morgan fingerprint density at radius 3 is 2.95 bits per heavy atom. The molecule has 1 heterocycles. The molecule has 3 unspecified atom stereocenters. The topological polar surface area (TPSA) is 93.8 Å². The average molecular weight is 301 g/mol. The van der Waals surface area contributed by atoms with Gasteiger partial charge in [-0.2, -0.15) is 9.90 Å². The maximum Gasteiger partial charge on any atom is 0.552 e. The third-order valence-electron chi connectivity index (χ3n) is 3.68. The van der Waals surface area contributed by atoms with Gasteiger partial charge in [0.25, 0.3) is 0 Å². The molecule has 0 spiro atoms. The van der Waals surface area contributed by atoms with E-state index in [4.69, 9.17) is 4.74 Å². The number of amides is 1. The van der Waals surface area contributed by atoms with E-state index in [1.54, 1.807) is 0 Å². The van der Waals surface area contributed by atoms with Gasteiger partial charge in [-0.3, -0.25) is 4.79 Å². The molecule has 1 N–H and O–H groups in total. The molecule has 0 aromatic rings. The summed E-state index contributed by atoms with van der Waals surface area (Å²) in [5.74, 6) is 0.865. The summed E-state index contributed by atoms with van der Waals surface area (Å²) in [5, 5.41) is 13.3. The third-order valence-corrected chi connectivity index (χ3v) is 3.68. The van der Waals surface area contributed by atoms with Crippen molar-refractivity contribution in [2.45, 2.75) is 38.9 Å². The predicted molar refractivity (Wildman–Crippen MR) is 72.3 cm³/mol. The van der Waals surface area contributed by atoms with Crippen LogP contribution >= 0.6 is 0 Å². The summed E-state index contributed by atoms with van der Waals surface area (Å²) < 4.78 is 14.3. The van der Waals surface area contributed by atoms with Gasteiger partial charge in [0.1, 0.15) is 6.61 Å². The van der Waals surface area contributed by atoms with E-state index < -0.39 is 12.4 Å². The Hall–Kier alpha value is -1.34.